The number of hydrogen-bond acceptors (Lipinski definition) is 3. The van der Waals surface area contributed by atoms with Crippen molar-refractivity contribution in [1.82, 2.24) is 20.1 Å². The van der Waals surface area contributed by atoms with Crippen molar-refractivity contribution in [3.05, 3.63) is 47.5 Å². The number of rotatable bonds is 3. The second-order valence-corrected chi connectivity index (χ2v) is 3.81. The Balaban J connectivity index is 2.45. The third-order valence-corrected chi connectivity index (χ3v) is 2.77. The van der Waals surface area contributed by atoms with Gasteiger partial charge in [0.05, 0.1) is 17.4 Å². The lowest BCUT2D eigenvalue weighted by Gasteiger charge is -2.17. The van der Waals surface area contributed by atoms with Crippen LogP contribution in [0.15, 0.2) is 30.6 Å². The minimum Gasteiger partial charge on any atom is -0.307 e. The molecule has 1 N–H and O–H groups in total. The van der Waals surface area contributed by atoms with Crippen LogP contribution in [-0.2, 0) is 7.05 Å². The molecule has 0 aliphatic carbocycles. The first kappa shape index (κ1) is 10.8. The zero-order chi connectivity index (χ0) is 11.5. The average Bonchev–Trinajstić information content (AvgIpc) is 2.69. The van der Waals surface area contributed by atoms with E-state index < -0.39 is 0 Å². The first-order valence-corrected chi connectivity index (χ1v) is 5.30. The summed E-state index contributed by atoms with van der Waals surface area (Å²) in [5.41, 5.74) is 3.35. The minimum atomic E-state index is 0.0914. The van der Waals surface area contributed by atoms with E-state index in [4.69, 9.17) is 0 Å². The van der Waals surface area contributed by atoms with E-state index in [1.165, 1.54) is 5.56 Å². The van der Waals surface area contributed by atoms with Crippen LogP contribution in [0.5, 0.6) is 0 Å². The van der Waals surface area contributed by atoms with Gasteiger partial charge in [0.2, 0.25) is 0 Å². The molecule has 2 rings (SSSR count). The summed E-state index contributed by atoms with van der Waals surface area (Å²) in [5, 5.41) is 7.47. The Morgan fingerprint density at radius 3 is 2.69 bits per heavy atom. The predicted molar refractivity (Wildman–Crippen MR) is 63.1 cm³/mol. The van der Waals surface area contributed by atoms with Crippen LogP contribution in [0.4, 0.5) is 0 Å². The normalized spacial score (nSPS) is 12.7. The van der Waals surface area contributed by atoms with E-state index in [-0.39, 0.29) is 6.04 Å². The summed E-state index contributed by atoms with van der Waals surface area (Å²) in [6.45, 7) is 2.07. The quantitative estimate of drug-likeness (QED) is 0.844. The van der Waals surface area contributed by atoms with Gasteiger partial charge >= 0.3 is 0 Å². The molecule has 4 heteroatoms. The van der Waals surface area contributed by atoms with Gasteiger partial charge in [-0.1, -0.05) is 6.07 Å². The maximum Gasteiger partial charge on any atom is 0.0922 e. The SMILES string of the molecule is CNC(c1ncccc1C)c1ccnn1C. The van der Waals surface area contributed by atoms with Gasteiger partial charge < -0.3 is 5.32 Å². The van der Waals surface area contributed by atoms with Gasteiger partial charge in [-0.25, -0.2) is 0 Å². The van der Waals surface area contributed by atoms with Crippen molar-refractivity contribution in [2.45, 2.75) is 13.0 Å². The van der Waals surface area contributed by atoms with Crippen LogP contribution >= 0.6 is 0 Å². The Kier molecular flexibility index (Phi) is 3.01. The van der Waals surface area contributed by atoms with E-state index in [1.54, 1.807) is 6.20 Å². The largest absolute Gasteiger partial charge is 0.307 e. The fourth-order valence-electron chi connectivity index (χ4n) is 1.89. The lowest BCUT2D eigenvalue weighted by Crippen LogP contribution is -2.22. The van der Waals surface area contributed by atoms with Crippen molar-refractivity contribution >= 4 is 0 Å². The maximum atomic E-state index is 4.44. The molecule has 16 heavy (non-hydrogen) atoms. The third kappa shape index (κ3) is 1.84. The van der Waals surface area contributed by atoms with Crippen LogP contribution in [0.3, 0.4) is 0 Å². The summed E-state index contributed by atoms with van der Waals surface area (Å²) in [6.07, 6.45) is 3.63. The Bertz CT molecular complexity index is 475. The van der Waals surface area contributed by atoms with Crippen molar-refractivity contribution in [3.63, 3.8) is 0 Å². The van der Waals surface area contributed by atoms with E-state index in [0.29, 0.717) is 0 Å². The van der Waals surface area contributed by atoms with Gasteiger partial charge in [-0.3, -0.25) is 9.67 Å². The first-order valence-electron chi connectivity index (χ1n) is 5.30. The molecule has 0 aliphatic heterocycles. The number of aromatic nitrogens is 3. The third-order valence-electron chi connectivity index (χ3n) is 2.77. The Labute approximate surface area is 95.3 Å². The average molecular weight is 216 g/mol. The molecule has 0 radical (unpaired) electrons. The van der Waals surface area contributed by atoms with Crippen molar-refractivity contribution < 1.29 is 0 Å². The zero-order valence-electron chi connectivity index (χ0n) is 9.81. The topological polar surface area (TPSA) is 42.7 Å². The van der Waals surface area contributed by atoms with Gasteiger partial charge in [0.1, 0.15) is 0 Å². The molecule has 2 aromatic heterocycles. The molecule has 0 saturated heterocycles. The molecule has 0 bridgehead atoms. The van der Waals surface area contributed by atoms with Crippen molar-refractivity contribution in [2.75, 3.05) is 7.05 Å². The zero-order valence-corrected chi connectivity index (χ0v) is 9.81. The second-order valence-electron chi connectivity index (χ2n) is 3.81. The molecule has 0 aromatic carbocycles. The highest BCUT2D eigenvalue weighted by molar-refractivity contribution is 5.28. The van der Waals surface area contributed by atoms with Gasteiger partial charge in [-0.15, -0.1) is 0 Å². The summed E-state index contributed by atoms with van der Waals surface area (Å²) >= 11 is 0. The number of aryl methyl sites for hydroxylation is 2. The van der Waals surface area contributed by atoms with E-state index in [1.807, 2.05) is 37.1 Å². The molecule has 1 unspecified atom stereocenters. The van der Waals surface area contributed by atoms with Gasteiger partial charge in [0, 0.05) is 19.4 Å². The molecular weight excluding hydrogens is 200 g/mol. The smallest absolute Gasteiger partial charge is 0.0922 e. The molecule has 0 aliphatic rings. The Morgan fingerprint density at radius 2 is 2.12 bits per heavy atom. The van der Waals surface area contributed by atoms with Crippen LogP contribution in [0.1, 0.15) is 23.0 Å². The molecule has 84 valence electrons. The van der Waals surface area contributed by atoms with Crippen LogP contribution in [0.25, 0.3) is 0 Å². The molecular formula is C12H16N4. The monoisotopic (exact) mass is 216 g/mol. The lowest BCUT2D eigenvalue weighted by molar-refractivity contribution is 0.591. The molecule has 2 heterocycles. The molecule has 0 fully saturated rings. The predicted octanol–water partition coefficient (Wildman–Crippen LogP) is 1.43. The lowest BCUT2D eigenvalue weighted by atomic mass is 10.1. The first-order chi connectivity index (χ1) is 7.74. The maximum absolute atomic E-state index is 4.44. The Morgan fingerprint density at radius 1 is 1.31 bits per heavy atom. The van der Waals surface area contributed by atoms with Gasteiger partial charge in [0.15, 0.2) is 0 Å². The summed E-state index contributed by atoms with van der Waals surface area (Å²) in [4.78, 5) is 4.44. The highest BCUT2D eigenvalue weighted by Crippen LogP contribution is 2.21. The number of nitrogens with zero attached hydrogens (tertiary/aromatic N) is 3. The highest BCUT2D eigenvalue weighted by atomic mass is 15.3. The van der Waals surface area contributed by atoms with E-state index in [0.717, 1.165) is 11.4 Å². The van der Waals surface area contributed by atoms with Crippen LogP contribution in [0, 0.1) is 6.92 Å². The fraction of sp³-hybridized carbons (Fsp3) is 0.333. The van der Waals surface area contributed by atoms with E-state index in [9.17, 15) is 0 Å². The van der Waals surface area contributed by atoms with Gasteiger partial charge in [-0.2, -0.15) is 5.10 Å². The standard InChI is InChI=1S/C12H16N4/c1-9-5-4-7-14-11(9)12(13-2)10-6-8-15-16(10)3/h4-8,12-13H,1-3H3. The van der Waals surface area contributed by atoms with Crippen molar-refractivity contribution in [3.8, 4) is 0 Å². The molecule has 0 amide bonds. The molecule has 0 spiro atoms. The summed E-state index contributed by atoms with van der Waals surface area (Å²) in [7, 11) is 3.88. The molecule has 0 saturated carbocycles. The van der Waals surface area contributed by atoms with Gasteiger partial charge in [-0.05, 0) is 31.7 Å². The van der Waals surface area contributed by atoms with Crippen molar-refractivity contribution in [1.29, 1.82) is 0 Å². The molecule has 4 nitrogen and oxygen atoms in total. The molecule has 1 atom stereocenters. The second kappa shape index (κ2) is 4.45. The Hall–Kier alpha value is -1.68. The van der Waals surface area contributed by atoms with Crippen LogP contribution in [-0.4, -0.2) is 21.8 Å². The van der Waals surface area contributed by atoms with E-state index >= 15 is 0 Å². The minimum absolute atomic E-state index is 0.0914. The summed E-state index contributed by atoms with van der Waals surface area (Å²) in [5.74, 6) is 0. The number of nitrogens with one attached hydrogen (secondary N) is 1. The summed E-state index contributed by atoms with van der Waals surface area (Å²) in [6, 6.07) is 6.13. The van der Waals surface area contributed by atoms with Crippen LogP contribution < -0.4 is 5.32 Å². The van der Waals surface area contributed by atoms with Gasteiger partial charge in [0.25, 0.3) is 0 Å². The van der Waals surface area contributed by atoms with E-state index in [2.05, 4.69) is 28.4 Å². The number of hydrogen-bond donors (Lipinski definition) is 1. The van der Waals surface area contributed by atoms with Crippen LogP contribution in [0.2, 0.25) is 0 Å². The number of pyridine rings is 1. The summed E-state index contributed by atoms with van der Waals surface area (Å²) < 4.78 is 1.87. The highest BCUT2D eigenvalue weighted by Gasteiger charge is 2.17. The fourth-order valence-corrected chi connectivity index (χ4v) is 1.89. The van der Waals surface area contributed by atoms with Crippen molar-refractivity contribution in [2.24, 2.45) is 7.05 Å². The molecule has 2 aromatic rings.